The normalized spacial score (nSPS) is 11.3. The zero-order chi connectivity index (χ0) is 13.0. The van der Waals surface area contributed by atoms with Gasteiger partial charge in [0.15, 0.2) is 5.65 Å². The largest absolute Gasteiger partial charge is 0.369 e. The first-order valence-electron chi connectivity index (χ1n) is 6.20. The standard InChI is InChI=1S/C12H20N6/c1-17(2)7-5-4-6-13-11-10-8-16-18(3)12(10)15-9-14-11/h8-9H,4-7H2,1-3H3,(H,13,14,15). The summed E-state index contributed by atoms with van der Waals surface area (Å²) in [5.41, 5.74) is 0.862. The van der Waals surface area contributed by atoms with Crippen molar-refractivity contribution in [3.63, 3.8) is 0 Å². The number of fused-ring (bicyclic) bond motifs is 1. The molecule has 2 aromatic rings. The van der Waals surface area contributed by atoms with Crippen LogP contribution in [0.5, 0.6) is 0 Å². The van der Waals surface area contributed by atoms with E-state index in [9.17, 15) is 0 Å². The van der Waals surface area contributed by atoms with Gasteiger partial charge in [0.1, 0.15) is 12.1 Å². The van der Waals surface area contributed by atoms with E-state index in [0.717, 1.165) is 36.4 Å². The first-order chi connectivity index (χ1) is 8.68. The fourth-order valence-electron chi connectivity index (χ4n) is 1.86. The van der Waals surface area contributed by atoms with Crippen molar-refractivity contribution in [2.75, 3.05) is 32.5 Å². The second kappa shape index (κ2) is 5.77. The van der Waals surface area contributed by atoms with E-state index in [1.807, 2.05) is 7.05 Å². The lowest BCUT2D eigenvalue weighted by molar-refractivity contribution is 0.396. The summed E-state index contributed by atoms with van der Waals surface area (Å²) in [4.78, 5) is 10.7. The van der Waals surface area contributed by atoms with Crippen LogP contribution in [0.1, 0.15) is 12.8 Å². The zero-order valence-electron chi connectivity index (χ0n) is 11.2. The fourth-order valence-corrected chi connectivity index (χ4v) is 1.86. The van der Waals surface area contributed by atoms with Gasteiger partial charge in [-0.15, -0.1) is 0 Å². The Morgan fingerprint density at radius 1 is 1.28 bits per heavy atom. The molecule has 0 aliphatic carbocycles. The van der Waals surface area contributed by atoms with Crippen molar-refractivity contribution in [1.82, 2.24) is 24.6 Å². The Hall–Kier alpha value is -1.69. The maximum absolute atomic E-state index is 4.27. The highest BCUT2D eigenvalue weighted by molar-refractivity contribution is 5.85. The van der Waals surface area contributed by atoms with Gasteiger partial charge in [-0.1, -0.05) is 0 Å². The molecule has 98 valence electrons. The molecule has 0 fully saturated rings. The summed E-state index contributed by atoms with van der Waals surface area (Å²) in [6.07, 6.45) is 5.69. The van der Waals surface area contributed by atoms with Crippen molar-refractivity contribution in [3.8, 4) is 0 Å². The Labute approximate surface area is 107 Å². The smallest absolute Gasteiger partial charge is 0.163 e. The van der Waals surface area contributed by atoms with Gasteiger partial charge in [-0.2, -0.15) is 5.10 Å². The van der Waals surface area contributed by atoms with Crippen LogP contribution in [-0.4, -0.2) is 51.8 Å². The highest BCUT2D eigenvalue weighted by Gasteiger charge is 2.06. The average Bonchev–Trinajstić information content (AvgIpc) is 2.71. The molecule has 0 bridgehead atoms. The molecule has 0 atom stereocenters. The van der Waals surface area contributed by atoms with Crippen molar-refractivity contribution < 1.29 is 0 Å². The molecular weight excluding hydrogens is 228 g/mol. The van der Waals surface area contributed by atoms with Crippen LogP contribution in [0.2, 0.25) is 0 Å². The number of nitrogens with zero attached hydrogens (tertiary/aromatic N) is 5. The van der Waals surface area contributed by atoms with Gasteiger partial charge in [-0.3, -0.25) is 4.68 Å². The molecule has 6 nitrogen and oxygen atoms in total. The molecule has 2 rings (SSSR count). The predicted molar refractivity (Wildman–Crippen MR) is 72.6 cm³/mol. The van der Waals surface area contributed by atoms with E-state index in [1.165, 1.54) is 6.42 Å². The molecule has 2 aromatic heterocycles. The van der Waals surface area contributed by atoms with Crippen LogP contribution in [0.3, 0.4) is 0 Å². The summed E-state index contributed by atoms with van der Waals surface area (Å²) in [5.74, 6) is 0.873. The van der Waals surface area contributed by atoms with Gasteiger partial charge in [-0.05, 0) is 33.5 Å². The molecular formula is C12H20N6. The van der Waals surface area contributed by atoms with Crippen LogP contribution in [0.15, 0.2) is 12.5 Å². The second-order valence-corrected chi connectivity index (χ2v) is 4.66. The predicted octanol–water partition coefficient (Wildman–Crippen LogP) is 1.12. The number of aromatic nitrogens is 4. The summed E-state index contributed by atoms with van der Waals surface area (Å²) in [6.45, 7) is 2.04. The van der Waals surface area contributed by atoms with Gasteiger partial charge < -0.3 is 10.2 Å². The Balaban J connectivity index is 1.92. The number of unbranched alkanes of at least 4 members (excludes halogenated alkanes) is 1. The molecule has 6 heteroatoms. The first-order valence-corrected chi connectivity index (χ1v) is 6.20. The van der Waals surface area contributed by atoms with E-state index in [0.29, 0.717) is 0 Å². The quantitative estimate of drug-likeness (QED) is 0.776. The molecule has 0 unspecified atom stereocenters. The zero-order valence-corrected chi connectivity index (χ0v) is 11.2. The third kappa shape index (κ3) is 2.95. The molecule has 0 amide bonds. The van der Waals surface area contributed by atoms with E-state index in [1.54, 1.807) is 17.2 Å². The van der Waals surface area contributed by atoms with Crippen LogP contribution in [0, 0.1) is 0 Å². The van der Waals surface area contributed by atoms with E-state index in [2.05, 4.69) is 39.4 Å². The molecule has 0 aliphatic rings. The minimum absolute atomic E-state index is 0.862. The highest BCUT2D eigenvalue weighted by atomic mass is 15.3. The fraction of sp³-hybridized carbons (Fsp3) is 0.583. The van der Waals surface area contributed by atoms with Crippen molar-refractivity contribution in [2.45, 2.75) is 12.8 Å². The van der Waals surface area contributed by atoms with Crippen LogP contribution in [0.25, 0.3) is 11.0 Å². The van der Waals surface area contributed by atoms with Gasteiger partial charge in [-0.25, -0.2) is 9.97 Å². The van der Waals surface area contributed by atoms with Gasteiger partial charge in [0, 0.05) is 13.6 Å². The lowest BCUT2D eigenvalue weighted by Crippen LogP contribution is -2.14. The minimum atomic E-state index is 0.862. The maximum atomic E-state index is 4.27. The number of hydrogen-bond donors (Lipinski definition) is 1. The van der Waals surface area contributed by atoms with Crippen molar-refractivity contribution in [2.24, 2.45) is 7.05 Å². The number of nitrogens with one attached hydrogen (secondary N) is 1. The summed E-state index contributed by atoms with van der Waals surface area (Å²) >= 11 is 0. The molecule has 2 heterocycles. The van der Waals surface area contributed by atoms with Crippen LogP contribution in [-0.2, 0) is 7.05 Å². The number of anilines is 1. The summed E-state index contributed by atoms with van der Waals surface area (Å²) in [7, 11) is 6.07. The topological polar surface area (TPSA) is 58.9 Å². The molecule has 0 saturated heterocycles. The van der Waals surface area contributed by atoms with E-state index >= 15 is 0 Å². The van der Waals surface area contributed by atoms with Crippen LogP contribution in [0.4, 0.5) is 5.82 Å². The number of hydrogen-bond acceptors (Lipinski definition) is 5. The third-order valence-corrected chi connectivity index (χ3v) is 2.85. The second-order valence-electron chi connectivity index (χ2n) is 4.66. The lowest BCUT2D eigenvalue weighted by Gasteiger charge is -2.09. The summed E-state index contributed by atoms with van der Waals surface area (Å²) < 4.78 is 1.76. The Morgan fingerprint density at radius 3 is 2.89 bits per heavy atom. The van der Waals surface area contributed by atoms with Crippen molar-refractivity contribution in [1.29, 1.82) is 0 Å². The van der Waals surface area contributed by atoms with E-state index in [4.69, 9.17) is 0 Å². The number of rotatable bonds is 6. The molecule has 1 N–H and O–H groups in total. The molecule has 0 aliphatic heterocycles. The van der Waals surface area contributed by atoms with Gasteiger partial charge >= 0.3 is 0 Å². The molecule has 0 saturated carbocycles. The number of aryl methyl sites for hydroxylation is 1. The lowest BCUT2D eigenvalue weighted by atomic mass is 10.3. The van der Waals surface area contributed by atoms with Gasteiger partial charge in [0.05, 0.1) is 11.6 Å². The van der Waals surface area contributed by atoms with Gasteiger partial charge in [0.2, 0.25) is 0 Å². The summed E-state index contributed by atoms with van der Waals surface area (Å²) in [5, 5.41) is 8.52. The average molecular weight is 248 g/mol. The Bertz CT molecular complexity index is 504. The first kappa shape index (κ1) is 12.8. The molecule has 0 aromatic carbocycles. The van der Waals surface area contributed by atoms with Crippen molar-refractivity contribution in [3.05, 3.63) is 12.5 Å². The Kier molecular flexibility index (Phi) is 4.09. The third-order valence-electron chi connectivity index (χ3n) is 2.85. The highest BCUT2D eigenvalue weighted by Crippen LogP contribution is 2.17. The molecule has 0 radical (unpaired) electrons. The molecule has 18 heavy (non-hydrogen) atoms. The SMILES string of the molecule is CN(C)CCCCNc1ncnc2c1cnn2C. The van der Waals surface area contributed by atoms with Crippen LogP contribution >= 0.6 is 0 Å². The Morgan fingerprint density at radius 2 is 2.11 bits per heavy atom. The van der Waals surface area contributed by atoms with E-state index < -0.39 is 0 Å². The minimum Gasteiger partial charge on any atom is -0.369 e. The molecule has 0 spiro atoms. The summed E-state index contributed by atoms with van der Waals surface area (Å²) in [6, 6.07) is 0. The van der Waals surface area contributed by atoms with Gasteiger partial charge in [0.25, 0.3) is 0 Å². The maximum Gasteiger partial charge on any atom is 0.163 e. The monoisotopic (exact) mass is 248 g/mol. The van der Waals surface area contributed by atoms with Crippen molar-refractivity contribution >= 4 is 16.9 Å². The van der Waals surface area contributed by atoms with Crippen LogP contribution < -0.4 is 5.32 Å². The van der Waals surface area contributed by atoms with E-state index in [-0.39, 0.29) is 0 Å².